The fourth-order valence-corrected chi connectivity index (χ4v) is 2.71. The van der Waals surface area contributed by atoms with Crippen molar-refractivity contribution in [3.05, 3.63) is 27.7 Å². The van der Waals surface area contributed by atoms with Crippen LogP contribution in [0.4, 0.5) is 5.69 Å². The van der Waals surface area contributed by atoms with Crippen LogP contribution < -0.4 is 11.1 Å². The topological polar surface area (TPSA) is 55.1 Å². The van der Waals surface area contributed by atoms with E-state index < -0.39 is 0 Å². The van der Waals surface area contributed by atoms with Gasteiger partial charge in [0, 0.05) is 10.2 Å². The molecule has 0 heterocycles. The van der Waals surface area contributed by atoms with Gasteiger partial charge in [-0.25, -0.2) is 0 Å². The number of benzene rings is 1. The standard InChI is InChI=1S/C12H15BrN2O/c13-10-5-6-11(15-12(16)7-14)9-4-2-1-3-8(9)10/h5-6H,1-4,7,14H2,(H,15,16). The molecule has 3 nitrogen and oxygen atoms in total. The molecule has 0 aromatic heterocycles. The predicted molar refractivity (Wildman–Crippen MR) is 68.5 cm³/mol. The molecule has 1 aromatic carbocycles. The molecule has 16 heavy (non-hydrogen) atoms. The SMILES string of the molecule is NCC(=O)Nc1ccc(Br)c2c1CCCC2. The van der Waals surface area contributed by atoms with Crippen LogP contribution in [0.5, 0.6) is 0 Å². The summed E-state index contributed by atoms with van der Waals surface area (Å²) < 4.78 is 1.15. The lowest BCUT2D eigenvalue weighted by atomic mass is 9.90. The highest BCUT2D eigenvalue weighted by atomic mass is 79.9. The molecular weight excluding hydrogens is 268 g/mol. The second-order valence-electron chi connectivity index (χ2n) is 4.01. The molecular formula is C12H15BrN2O. The second-order valence-corrected chi connectivity index (χ2v) is 4.87. The van der Waals surface area contributed by atoms with E-state index in [1.54, 1.807) is 0 Å². The highest BCUT2D eigenvalue weighted by Crippen LogP contribution is 2.33. The maximum Gasteiger partial charge on any atom is 0.238 e. The van der Waals surface area contributed by atoms with Gasteiger partial charge in [-0.3, -0.25) is 4.79 Å². The summed E-state index contributed by atoms with van der Waals surface area (Å²) in [5, 5.41) is 2.86. The first-order chi connectivity index (χ1) is 7.72. The van der Waals surface area contributed by atoms with Crippen LogP contribution in [0.2, 0.25) is 0 Å². The van der Waals surface area contributed by atoms with Crippen LogP contribution in [0.25, 0.3) is 0 Å². The number of halogens is 1. The Morgan fingerprint density at radius 3 is 2.69 bits per heavy atom. The van der Waals surface area contributed by atoms with Crippen molar-refractivity contribution in [2.75, 3.05) is 11.9 Å². The number of carbonyl (C=O) groups excluding carboxylic acids is 1. The minimum Gasteiger partial charge on any atom is -0.325 e. The predicted octanol–water partition coefficient (Wildman–Crippen LogP) is 2.23. The van der Waals surface area contributed by atoms with Gasteiger partial charge in [0.2, 0.25) is 5.91 Å². The Hall–Kier alpha value is -0.870. The molecule has 0 saturated heterocycles. The Morgan fingerprint density at radius 2 is 2.00 bits per heavy atom. The number of nitrogens with one attached hydrogen (secondary N) is 1. The van der Waals surface area contributed by atoms with Crippen LogP contribution in [-0.2, 0) is 17.6 Å². The summed E-state index contributed by atoms with van der Waals surface area (Å²) in [6.45, 7) is 0.0326. The molecule has 0 aliphatic heterocycles. The third kappa shape index (κ3) is 2.28. The monoisotopic (exact) mass is 282 g/mol. The Morgan fingerprint density at radius 1 is 1.31 bits per heavy atom. The van der Waals surface area contributed by atoms with E-state index in [9.17, 15) is 4.79 Å². The average Bonchev–Trinajstić information content (AvgIpc) is 2.33. The highest BCUT2D eigenvalue weighted by molar-refractivity contribution is 9.10. The smallest absolute Gasteiger partial charge is 0.238 e. The number of carbonyl (C=O) groups is 1. The third-order valence-electron chi connectivity index (χ3n) is 2.94. The molecule has 0 bridgehead atoms. The van der Waals surface area contributed by atoms with Gasteiger partial charge in [-0.05, 0) is 48.9 Å². The molecule has 86 valence electrons. The lowest BCUT2D eigenvalue weighted by molar-refractivity contribution is -0.114. The van der Waals surface area contributed by atoms with Crippen molar-refractivity contribution in [1.29, 1.82) is 0 Å². The molecule has 0 radical (unpaired) electrons. The zero-order valence-corrected chi connectivity index (χ0v) is 10.6. The molecule has 3 N–H and O–H groups in total. The van der Waals surface area contributed by atoms with E-state index in [0.29, 0.717) is 0 Å². The zero-order valence-electron chi connectivity index (χ0n) is 9.05. The van der Waals surface area contributed by atoms with E-state index in [2.05, 4.69) is 21.2 Å². The Bertz CT molecular complexity index is 418. The maximum absolute atomic E-state index is 11.3. The number of anilines is 1. The van der Waals surface area contributed by atoms with E-state index >= 15 is 0 Å². The van der Waals surface area contributed by atoms with Crippen LogP contribution in [0.1, 0.15) is 24.0 Å². The first-order valence-electron chi connectivity index (χ1n) is 5.52. The maximum atomic E-state index is 11.3. The van der Waals surface area contributed by atoms with Gasteiger partial charge in [0.25, 0.3) is 0 Å². The second kappa shape index (κ2) is 4.97. The fraction of sp³-hybridized carbons (Fsp3) is 0.417. The van der Waals surface area contributed by atoms with Crippen molar-refractivity contribution in [3.8, 4) is 0 Å². The van der Waals surface area contributed by atoms with Gasteiger partial charge >= 0.3 is 0 Å². The molecule has 1 aliphatic rings. The quantitative estimate of drug-likeness (QED) is 0.874. The van der Waals surface area contributed by atoms with Gasteiger partial charge in [0.05, 0.1) is 6.54 Å². The Kier molecular flexibility index (Phi) is 3.61. The van der Waals surface area contributed by atoms with Gasteiger partial charge in [-0.2, -0.15) is 0 Å². The molecule has 1 aliphatic carbocycles. The minimum absolute atomic E-state index is 0.0326. The van der Waals surface area contributed by atoms with E-state index in [4.69, 9.17) is 5.73 Å². The molecule has 2 rings (SSSR count). The summed E-state index contributed by atoms with van der Waals surface area (Å²) in [5.74, 6) is -0.130. The summed E-state index contributed by atoms with van der Waals surface area (Å²) in [4.78, 5) is 11.3. The van der Waals surface area contributed by atoms with Crippen molar-refractivity contribution in [2.45, 2.75) is 25.7 Å². The van der Waals surface area contributed by atoms with Gasteiger partial charge in [-0.15, -0.1) is 0 Å². The highest BCUT2D eigenvalue weighted by Gasteiger charge is 2.16. The number of fused-ring (bicyclic) bond motifs is 1. The summed E-state index contributed by atoms with van der Waals surface area (Å²) >= 11 is 3.56. The zero-order chi connectivity index (χ0) is 11.5. The third-order valence-corrected chi connectivity index (χ3v) is 3.68. The lowest BCUT2D eigenvalue weighted by Gasteiger charge is -2.21. The van der Waals surface area contributed by atoms with Crippen LogP contribution >= 0.6 is 15.9 Å². The molecule has 4 heteroatoms. The number of rotatable bonds is 2. The number of hydrogen-bond donors (Lipinski definition) is 2. The molecule has 0 fully saturated rings. The van der Waals surface area contributed by atoms with Crippen LogP contribution in [0, 0.1) is 0 Å². The van der Waals surface area contributed by atoms with Crippen molar-refractivity contribution in [2.24, 2.45) is 5.73 Å². The van der Waals surface area contributed by atoms with Crippen LogP contribution in [0.15, 0.2) is 16.6 Å². The fourth-order valence-electron chi connectivity index (χ4n) is 2.14. The molecule has 0 unspecified atom stereocenters. The van der Waals surface area contributed by atoms with E-state index in [0.717, 1.165) is 23.0 Å². The number of amides is 1. The summed E-state index contributed by atoms with van der Waals surface area (Å²) in [6, 6.07) is 3.94. The van der Waals surface area contributed by atoms with Crippen LogP contribution in [-0.4, -0.2) is 12.5 Å². The van der Waals surface area contributed by atoms with Crippen molar-refractivity contribution in [3.63, 3.8) is 0 Å². The van der Waals surface area contributed by atoms with Crippen molar-refractivity contribution < 1.29 is 4.79 Å². The van der Waals surface area contributed by atoms with E-state index in [1.807, 2.05) is 12.1 Å². The molecule has 0 atom stereocenters. The Balaban J connectivity index is 2.35. The molecule has 0 spiro atoms. The first kappa shape index (κ1) is 11.6. The van der Waals surface area contributed by atoms with Gasteiger partial charge < -0.3 is 11.1 Å². The molecule has 1 aromatic rings. The summed E-state index contributed by atoms with van der Waals surface area (Å²) in [5.41, 5.74) is 8.83. The van der Waals surface area contributed by atoms with Crippen molar-refractivity contribution in [1.82, 2.24) is 0 Å². The minimum atomic E-state index is -0.130. The number of nitrogens with two attached hydrogens (primary N) is 1. The van der Waals surface area contributed by atoms with Gasteiger partial charge in [0.1, 0.15) is 0 Å². The lowest BCUT2D eigenvalue weighted by Crippen LogP contribution is -2.23. The van der Waals surface area contributed by atoms with Crippen molar-refractivity contribution >= 4 is 27.5 Å². The summed E-state index contributed by atoms with van der Waals surface area (Å²) in [6.07, 6.45) is 4.53. The van der Waals surface area contributed by atoms with Gasteiger partial charge in [0.15, 0.2) is 0 Å². The van der Waals surface area contributed by atoms with Crippen LogP contribution in [0.3, 0.4) is 0 Å². The van der Waals surface area contributed by atoms with E-state index in [-0.39, 0.29) is 12.5 Å². The normalized spacial score (nSPS) is 14.4. The van der Waals surface area contributed by atoms with Gasteiger partial charge in [-0.1, -0.05) is 15.9 Å². The molecule has 1 amide bonds. The molecule has 0 saturated carbocycles. The van der Waals surface area contributed by atoms with E-state index in [1.165, 1.54) is 24.0 Å². The largest absolute Gasteiger partial charge is 0.325 e. The average molecular weight is 283 g/mol. The summed E-state index contributed by atoms with van der Waals surface area (Å²) in [7, 11) is 0. The Labute approximate surface area is 104 Å². The number of hydrogen-bond acceptors (Lipinski definition) is 2. The first-order valence-corrected chi connectivity index (χ1v) is 6.32.